The summed E-state index contributed by atoms with van der Waals surface area (Å²) in [5.74, 6) is 0. The largest absolute Gasteiger partial charge is 0.310 e. The van der Waals surface area contributed by atoms with Crippen LogP contribution in [0.25, 0.3) is 43.1 Å². The molecule has 0 atom stereocenters. The normalized spacial score (nSPS) is 11.3. The molecule has 0 aliphatic carbocycles. The molecule has 488 valence electrons. The highest BCUT2D eigenvalue weighted by atomic mass is 15.2. The Morgan fingerprint density at radius 3 is 0.559 bits per heavy atom. The zero-order valence-corrected chi connectivity index (χ0v) is 57.5. The molecule has 6 nitrogen and oxygen atoms in total. The summed E-state index contributed by atoms with van der Waals surface area (Å²) in [4.78, 5) is 14.3. The number of para-hydroxylation sites is 4. The predicted molar refractivity (Wildman–Crippen MR) is 435 cm³/mol. The van der Waals surface area contributed by atoms with Gasteiger partial charge >= 0.3 is 0 Å². The van der Waals surface area contributed by atoms with Crippen molar-refractivity contribution in [1.29, 1.82) is 0 Å². The van der Waals surface area contributed by atoms with Gasteiger partial charge in [0.15, 0.2) is 0 Å². The number of nitrogens with zero attached hydrogens (tertiary/aromatic N) is 6. The van der Waals surface area contributed by atoms with Crippen LogP contribution in [-0.2, 0) is 0 Å². The van der Waals surface area contributed by atoms with Gasteiger partial charge in [-0.2, -0.15) is 0 Å². The molecule has 102 heavy (non-hydrogen) atoms. The van der Waals surface area contributed by atoms with Crippen LogP contribution in [0.3, 0.4) is 0 Å². The van der Waals surface area contributed by atoms with Gasteiger partial charge in [-0.3, -0.25) is 0 Å². The minimum Gasteiger partial charge on any atom is -0.310 e. The average molecular weight is 1310 g/mol. The third-order valence-electron chi connectivity index (χ3n) is 19.7. The topological polar surface area (TPSA) is 19.4 Å². The second-order valence-electron chi connectivity index (χ2n) is 26.5. The summed E-state index contributed by atoms with van der Waals surface area (Å²) >= 11 is 0. The van der Waals surface area contributed by atoms with Crippen molar-refractivity contribution in [2.75, 3.05) is 29.4 Å². The van der Waals surface area contributed by atoms with Gasteiger partial charge in [0.2, 0.25) is 0 Å². The molecule has 0 bridgehead atoms. The third kappa shape index (κ3) is 11.8. The number of aryl methyl sites for hydroxylation is 4. The molecule has 0 N–H and O–H groups in total. The van der Waals surface area contributed by atoms with E-state index in [2.05, 4.69) is 433 Å². The van der Waals surface area contributed by atoms with Crippen molar-refractivity contribution in [3.05, 3.63) is 398 Å². The fourth-order valence-corrected chi connectivity index (χ4v) is 15.1. The van der Waals surface area contributed by atoms with E-state index in [4.69, 9.17) is 0 Å². The molecule has 0 fully saturated rings. The molecule has 17 rings (SSSR count). The van der Waals surface area contributed by atoms with Gasteiger partial charge in [-0.15, -0.1) is 0 Å². The Kier molecular flexibility index (Phi) is 16.5. The standard InChI is InChI=1S/C96H74N6/c1-67-23-17-35-83(63-67)97(71-27-9-5-10-28-71)75-43-51-79(52-44-75)101(80-53-45-76(46-54-80)98(72-29-11-6-12-30-72)84-36-18-24-68(2)64-84)93-61-59-89-90-60-62-94(92-42-22-40-88(96(90)92)87-39-21-41-91(93)95(87)89)102(81-55-47-77(48-56-81)99(73-31-13-7-14-32-73)85-37-19-25-69(3)65-85)82-57-49-78(50-58-82)100(74-33-15-8-16-34-74)86-38-20-26-70(4)66-86/h5-66H,1-4H3. The van der Waals surface area contributed by atoms with Crippen LogP contribution >= 0.6 is 0 Å². The lowest BCUT2D eigenvalue weighted by molar-refractivity contribution is 1.24. The van der Waals surface area contributed by atoms with Gasteiger partial charge < -0.3 is 29.4 Å². The van der Waals surface area contributed by atoms with Gasteiger partial charge in [-0.05, 0) is 289 Å². The molecular weight excluding hydrogens is 1240 g/mol. The zero-order valence-electron chi connectivity index (χ0n) is 57.5. The Morgan fingerprint density at radius 1 is 0.137 bits per heavy atom. The molecule has 0 saturated carbocycles. The van der Waals surface area contributed by atoms with E-state index in [1.165, 1.54) is 54.6 Å². The summed E-state index contributed by atoms with van der Waals surface area (Å²) < 4.78 is 0. The molecule has 0 aromatic heterocycles. The van der Waals surface area contributed by atoms with Crippen LogP contribution < -0.4 is 29.4 Å². The van der Waals surface area contributed by atoms with Gasteiger partial charge in [0.05, 0.1) is 11.4 Å². The van der Waals surface area contributed by atoms with Crippen LogP contribution in [0.2, 0.25) is 0 Å². The third-order valence-corrected chi connectivity index (χ3v) is 19.7. The molecule has 0 unspecified atom stereocenters. The van der Waals surface area contributed by atoms with Crippen molar-refractivity contribution in [2.24, 2.45) is 0 Å². The minimum atomic E-state index is 1.04. The molecule has 6 heteroatoms. The molecule has 17 aromatic carbocycles. The monoisotopic (exact) mass is 1310 g/mol. The van der Waals surface area contributed by atoms with Gasteiger partial charge in [-0.25, -0.2) is 0 Å². The van der Waals surface area contributed by atoms with Gasteiger partial charge in [0.25, 0.3) is 0 Å². The van der Waals surface area contributed by atoms with Crippen LogP contribution in [0.15, 0.2) is 376 Å². The summed E-state index contributed by atoms with van der Waals surface area (Å²) in [5.41, 5.74) is 24.2. The van der Waals surface area contributed by atoms with E-state index in [1.54, 1.807) is 0 Å². The van der Waals surface area contributed by atoms with Crippen molar-refractivity contribution in [2.45, 2.75) is 27.7 Å². The Balaban J connectivity index is 0.824. The number of anilines is 18. The van der Waals surface area contributed by atoms with Crippen LogP contribution in [0.4, 0.5) is 102 Å². The number of benzene rings is 17. The Morgan fingerprint density at radius 2 is 0.324 bits per heavy atom. The van der Waals surface area contributed by atoms with Crippen molar-refractivity contribution >= 4 is 145 Å². The molecule has 17 aromatic rings. The van der Waals surface area contributed by atoms with Crippen LogP contribution in [0.1, 0.15) is 22.3 Å². The molecular formula is C96H74N6. The smallest absolute Gasteiger partial charge is 0.0540 e. The van der Waals surface area contributed by atoms with Crippen molar-refractivity contribution in [1.82, 2.24) is 0 Å². The van der Waals surface area contributed by atoms with E-state index >= 15 is 0 Å². The fraction of sp³-hybridized carbons (Fsp3) is 0.0417. The van der Waals surface area contributed by atoms with E-state index in [0.717, 1.165) is 113 Å². The van der Waals surface area contributed by atoms with E-state index in [1.807, 2.05) is 0 Å². The maximum Gasteiger partial charge on any atom is 0.0540 e. The Labute approximate surface area is 597 Å². The summed E-state index contributed by atoms with van der Waals surface area (Å²) in [6.07, 6.45) is 0. The quantitative estimate of drug-likeness (QED) is 0.0625. The summed E-state index contributed by atoms with van der Waals surface area (Å²) in [6, 6.07) is 137. The van der Waals surface area contributed by atoms with Crippen molar-refractivity contribution in [3.8, 4) is 0 Å². The number of hydrogen-bond acceptors (Lipinski definition) is 6. The zero-order chi connectivity index (χ0) is 68.6. The van der Waals surface area contributed by atoms with Crippen molar-refractivity contribution in [3.63, 3.8) is 0 Å². The molecule has 0 aliphatic rings. The minimum absolute atomic E-state index is 1.04. The Hall–Kier alpha value is -13.2. The highest BCUT2D eigenvalue weighted by Crippen LogP contribution is 2.51. The number of hydrogen-bond donors (Lipinski definition) is 0. The highest BCUT2D eigenvalue weighted by molar-refractivity contribution is 6.35. The van der Waals surface area contributed by atoms with Crippen LogP contribution in [-0.4, -0.2) is 0 Å². The summed E-state index contributed by atoms with van der Waals surface area (Å²) in [5, 5.41) is 9.58. The van der Waals surface area contributed by atoms with E-state index in [-0.39, 0.29) is 0 Å². The first-order chi connectivity index (χ1) is 50.2. The molecule has 0 saturated heterocycles. The van der Waals surface area contributed by atoms with Gasteiger partial charge in [-0.1, -0.05) is 170 Å². The first-order valence-corrected chi connectivity index (χ1v) is 35.0. The van der Waals surface area contributed by atoms with E-state index in [9.17, 15) is 0 Å². The fourth-order valence-electron chi connectivity index (χ4n) is 15.1. The summed E-state index contributed by atoms with van der Waals surface area (Å²) in [7, 11) is 0. The SMILES string of the molecule is Cc1cccc(N(c2ccccc2)c2ccc(N(c3ccc(N(c4ccccc4)c4cccc(C)c4)cc3)c3ccc4c5ccc(N(c6ccc(N(c7ccccc7)c7cccc(C)c7)cc6)c6ccc(N(c7ccccc7)c7cccc(C)c7)cc6)c6cccc(c7cccc3c74)c65)cc2)c1. The van der Waals surface area contributed by atoms with Crippen LogP contribution in [0, 0.1) is 27.7 Å². The number of rotatable bonds is 18. The lowest BCUT2D eigenvalue weighted by Gasteiger charge is -2.31. The van der Waals surface area contributed by atoms with Gasteiger partial charge in [0.1, 0.15) is 0 Å². The number of fused-ring (bicyclic) bond motifs is 2. The summed E-state index contributed by atoms with van der Waals surface area (Å²) in [6.45, 7) is 8.63. The molecule has 0 radical (unpaired) electrons. The lowest BCUT2D eigenvalue weighted by atomic mass is 9.88. The van der Waals surface area contributed by atoms with E-state index < -0.39 is 0 Å². The second kappa shape index (κ2) is 26.9. The Bertz CT molecular complexity index is 5160. The van der Waals surface area contributed by atoms with E-state index in [0.29, 0.717) is 0 Å². The van der Waals surface area contributed by atoms with Crippen LogP contribution in [0.5, 0.6) is 0 Å². The highest BCUT2D eigenvalue weighted by Gasteiger charge is 2.26. The molecule has 0 heterocycles. The van der Waals surface area contributed by atoms with Crippen molar-refractivity contribution < 1.29 is 0 Å². The predicted octanol–water partition coefficient (Wildman–Crippen LogP) is 27.8. The molecule has 0 aliphatic heterocycles. The molecule has 0 amide bonds. The second-order valence-corrected chi connectivity index (χ2v) is 26.5. The van der Waals surface area contributed by atoms with Gasteiger partial charge in [0, 0.05) is 102 Å². The first kappa shape index (κ1) is 62.4. The maximum absolute atomic E-state index is 2.45. The maximum atomic E-state index is 2.45. The average Bonchev–Trinajstić information content (AvgIpc) is 0.707. The first-order valence-electron chi connectivity index (χ1n) is 35.0. The molecule has 0 spiro atoms. The lowest BCUT2D eigenvalue weighted by Crippen LogP contribution is -2.14.